The van der Waals surface area contributed by atoms with Crippen molar-refractivity contribution in [2.24, 2.45) is 17.1 Å². The van der Waals surface area contributed by atoms with E-state index in [9.17, 15) is 13.2 Å². The van der Waals surface area contributed by atoms with Crippen LogP contribution in [0.3, 0.4) is 0 Å². The minimum Gasteiger partial charge on any atom is -0.321 e. The van der Waals surface area contributed by atoms with E-state index in [0.29, 0.717) is 5.92 Å². The summed E-state index contributed by atoms with van der Waals surface area (Å²) in [6, 6.07) is 5.35. The van der Waals surface area contributed by atoms with Crippen molar-refractivity contribution in [1.82, 2.24) is 0 Å². The van der Waals surface area contributed by atoms with Gasteiger partial charge in [-0.05, 0) is 48.3 Å². The Labute approximate surface area is 118 Å². The SMILES string of the molecule is CC1CC(C)(C)CC(N)(c2ccc(C(F)(F)F)cc2)C1. The van der Waals surface area contributed by atoms with Gasteiger partial charge in [0.1, 0.15) is 0 Å². The van der Waals surface area contributed by atoms with E-state index in [-0.39, 0.29) is 5.41 Å². The molecule has 2 N–H and O–H groups in total. The molecule has 2 atom stereocenters. The van der Waals surface area contributed by atoms with Crippen LogP contribution in [0.4, 0.5) is 13.2 Å². The van der Waals surface area contributed by atoms with Crippen LogP contribution in [0, 0.1) is 11.3 Å². The highest BCUT2D eigenvalue weighted by Gasteiger charge is 2.41. The fourth-order valence-electron chi connectivity index (χ4n) is 3.85. The highest BCUT2D eigenvalue weighted by atomic mass is 19.4. The van der Waals surface area contributed by atoms with Crippen LogP contribution in [-0.2, 0) is 11.7 Å². The summed E-state index contributed by atoms with van der Waals surface area (Å²) in [5.74, 6) is 0.478. The predicted molar refractivity (Wildman–Crippen MR) is 74.1 cm³/mol. The molecule has 112 valence electrons. The lowest BCUT2D eigenvalue weighted by molar-refractivity contribution is -0.137. The summed E-state index contributed by atoms with van der Waals surface area (Å²) < 4.78 is 37.8. The molecular formula is C16H22F3N. The largest absolute Gasteiger partial charge is 0.416 e. The fraction of sp³-hybridized carbons (Fsp3) is 0.625. The highest BCUT2D eigenvalue weighted by molar-refractivity contribution is 5.30. The third-order valence-electron chi connectivity index (χ3n) is 4.19. The summed E-state index contributed by atoms with van der Waals surface area (Å²) in [4.78, 5) is 0. The monoisotopic (exact) mass is 285 g/mol. The lowest BCUT2D eigenvalue weighted by Crippen LogP contribution is -2.46. The number of nitrogens with two attached hydrogens (primary N) is 1. The summed E-state index contributed by atoms with van der Waals surface area (Å²) in [6.45, 7) is 6.51. The Hall–Kier alpha value is -1.03. The van der Waals surface area contributed by atoms with Gasteiger partial charge in [0.05, 0.1) is 5.56 Å². The van der Waals surface area contributed by atoms with Gasteiger partial charge in [0.2, 0.25) is 0 Å². The van der Waals surface area contributed by atoms with Crippen molar-refractivity contribution in [3.63, 3.8) is 0 Å². The van der Waals surface area contributed by atoms with Crippen LogP contribution >= 0.6 is 0 Å². The molecule has 0 heterocycles. The molecule has 2 unspecified atom stereocenters. The maximum absolute atomic E-state index is 12.6. The standard InChI is InChI=1S/C16H22F3N/c1-11-8-14(2,3)10-15(20,9-11)12-4-6-13(7-5-12)16(17,18)19/h4-7,11H,8-10,20H2,1-3H3. The molecule has 0 aliphatic heterocycles. The normalized spacial score (nSPS) is 30.2. The van der Waals surface area contributed by atoms with Gasteiger partial charge in [-0.2, -0.15) is 13.2 Å². The van der Waals surface area contributed by atoms with E-state index in [2.05, 4.69) is 20.8 Å². The minimum atomic E-state index is -4.29. The van der Waals surface area contributed by atoms with Gasteiger partial charge < -0.3 is 5.73 Å². The van der Waals surface area contributed by atoms with E-state index in [1.54, 1.807) is 0 Å². The van der Waals surface area contributed by atoms with Crippen molar-refractivity contribution < 1.29 is 13.2 Å². The lowest BCUT2D eigenvalue weighted by Gasteiger charge is -2.46. The molecular weight excluding hydrogens is 263 g/mol. The first-order valence-electron chi connectivity index (χ1n) is 6.99. The van der Waals surface area contributed by atoms with Crippen molar-refractivity contribution >= 4 is 0 Å². The molecule has 0 radical (unpaired) electrons. The highest BCUT2D eigenvalue weighted by Crippen LogP contribution is 2.47. The van der Waals surface area contributed by atoms with Crippen LogP contribution in [0.25, 0.3) is 0 Å². The van der Waals surface area contributed by atoms with Gasteiger partial charge in [-0.3, -0.25) is 0 Å². The molecule has 1 fully saturated rings. The average Bonchev–Trinajstić information content (AvgIpc) is 2.24. The summed E-state index contributed by atoms with van der Waals surface area (Å²) >= 11 is 0. The van der Waals surface area contributed by atoms with Crippen LogP contribution < -0.4 is 5.73 Å². The molecule has 0 amide bonds. The summed E-state index contributed by atoms with van der Waals surface area (Å²) in [5, 5.41) is 0. The van der Waals surface area contributed by atoms with Crippen LogP contribution in [0.5, 0.6) is 0 Å². The van der Waals surface area contributed by atoms with Crippen molar-refractivity contribution in [3.8, 4) is 0 Å². The quantitative estimate of drug-likeness (QED) is 0.794. The van der Waals surface area contributed by atoms with E-state index in [1.165, 1.54) is 12.1 Å². The van der Waals surface area contributed by atoms with E-state index in [1.807, 2.05) is 0 Å². The number of hydrogen-bond donors (Lipinski definition) is 1. The van der Waals surface area contributed by atoms with Gasteiger partial charge >= 0.3 is 6.18 Å². The van der Waals surface area contributed by atoms with E-state index >= 15 is 0 Å². The van der Waals surface area contributed by atoms with E-state index in [0.717, 1.165) is 37.0 Å². The average molecular weight is 285 g/mol. The zero-order valence-electron chi connectivity index (χ0n) is 12.2. The molecule has 1 aliphatic rings. The molecule has 0 aromatic heterocycles. The molecule has 4 heteroatoms. The third kappa shape index (κ3) is 3.17. The Morgan fingerprint density at radius 2 is 1.65 bits per heavy atom. The molecule has 0 spiro atoms. The molecule has 1 nitrogen and oxygen atoms in total. The van der Waals surface area contributed by atoms with Gasteiger partial charge in [0, 0.05) is 5.54 Å². The van der Waals surface area contributed by atoms with Gasteiger partial charge in [0.15, 0.2) is 0 Å². The first-order chi connectivity index (χ1) is 9.02. The van der Waals surface area contributed by atoms with Crippen LogP contribution in [-0.4, -0.2) is 0 Å². The molecule has 1 aliphatic carbocycles. The van der Waals surface area contributed by atoms with Gasteiger partial charge in [-0.25, -0.2) is 0 Å². The first kappa shape index (κ1) is 15.4. The predicted octanol–water partition coefficient (Wildman–Crippen LogP) is 4.71. The third-order valence-corrected chi connectivity index (χ3v) is 4.19. The molecule has 1 aromatic carbocycles. The zero-order chi connectivity index (χ0) is 15.2. The number of benzene rings is 1. The minimum absolute atomic E-state index is 0.120. The van der Waals surface area contributed by atoms with Crippen molar-refractivity contribution in [1.29, 1.82) is 0 Å². The second kappa shape index (κ2) is 4.76. The fourth-order valence-corrected chi connectivity index (χ4v) is 3.85. The Morgan fingerprint density at radius 1 is 1.10 bits per heavy atom. The molecule has 2 rings (SSSR count). The van der Waals surface area contributed by atoms with Crippen LogP contribution in [0.1, 0.15) is 51.2 Å². The number of rotatable bonds is 1. The molecule has 1 aromatic rings. The summed E-state index contributed by atoms with van der Waals surface area (Å²) in [5.41, 5.74) is 6.31. The van der Waals surface area contributed by atoms with Crippen molar-refractivity contribution in [2.45, 2.75) is 51.7 Å². The second-order valence-electron chi connectivity index (χ2n) is 7.09. The molecule has 0 bridgehead atoms. The van der Waals surface area contributed by atoms with Crippen LogP contribution in [0.15, 0.2) is 24.3 Å². The second-order valence-corrected chi connectivity index (χ2v) is 7.09. The zero-order valence-corrected chi connectivity index (χ0v) is 12.2. The molecule has 1 saturated carbocycles. The summed E-state index contributed by atoms with van der Waals surface area (Å²) in [7, 11) is 0. The molecule has 20 heavy (non-hydrogen) atoms. The van der Waals surface area contributed by atoms with Gasteiger partial charge in [0.25, 0.3) is 0 Å². The topological polar surface area (TPSA) is 26.0 Å². The smallest absolute Gasteiger partial charge is 0.321 e. The van der Waals surface area contributed by atoms with E-state index < -0.39 is 17.3 Å². The van der Waals surface area contributed by atoms with Gasteiger partial charge in [-0.1, -0.05) is 32.9 Å². The maximum Gasteiger partial charge on any atom is 0.416 e. The Morgan fingerprint density at radius 3 is 2.10 bits per heavy atom. The van der Waals surface area contributed by atoms with Crippen molar-refractivity contribution in [2.75, 3.05) is 0 Å². The Bertz CT molecular complexity index is 475. The maximum atomic E-state index is 12.6. The Kier molecular flexibility index (Phi) is 3.66. The van der Waals surface area contributed by atoms with Gasteiger partial charge in [-0.15, -0.1) is 0 Å². The number of halogens is 3. The van der Waals surface area contributed by atoms with E-state index in [4.69, 9.17) is 5.73 Å². The molecule has 0 saturated heterocycles. The lowest BCUT2D eigenvalue weighted by atomic mass is 9.62. The number of hydrogen-bond acceptors (Lipinski definition) is 1. The van der Waals surface area contributed by atoms with Crippen molar-refractivity contribution in [3.05, 3.63) is 35.4 Å². The first-order valence-corrected chi connectivity index (χ1v) is 6.99. The Balaban J connectivity index is 2.30. The summed E-state index contributed by atoms with van der Waals surface area (Å²) in [6.07, 6.45) is -1.57. The van der Waals surface area contributed by atoms with Crippen LogP contribution in [0.2, 0.25) is 0 Å². The number of alkyl halides is 3.